The Bertz CT molecular complexity index is 483. The lowest BCUT2D eigenvalue weighted by molar-refractivity contribution is -0.137. The molecule has 3 atom stereocenters. The SMILES string of the molecule is CCN1C(C)C(O)N(c2cc(C(F)(F)F)ccn2)C1O. The molecule has 0 amide bonds. The molecule has 1 aliphatic heterocycles. The van der Waals surface area contributed by atoms with Crippen LogP contribution in [0.5, 0.6) is 0 Å². The van der Waals surface area contributed by atoms with Gasteiger partial charge in [-0.3, -0.25) is 9.80 Å². The molecule has 2 rings (SSSR count). The quantitative estimate of drug-likeness (QED) is 0.858. The molecule has 20 heavy (non-hydrogen) atoms. The fraction of sp³-hybridized carbons (Fsp3) is 0.583. The maximum Gasteiger partial charge on any atom is 0.416 e. The van der Waals surface area contributed by atoms with Gasteiger partial charge in [-0.15, -0.1) is 0 Å². The van der Waals surface area contributed by atoms with E-state index in [4.69, 9.17) is 0 Å². The number of alkyl halides is 3. The van der Waals surface area contributed by atoms with Crippen molar-refractivity contribution in [2.45, 2.75) is 38.6 Å². The Labute approximate surface area is 114 Å². The second-order valence-electron chi connectivity index (χ2n) is 4.64. The monoisotopic (exact) mass is 291 g/mol. The van der Waals surface area contributed by atoms with Gasteiger partial charge in [0.1, 0.15) is 12.0 Å². The summed E-state index contributed by atoms with van der Waals surface area (Å²) in [5.74, 6) is -0.109. The minimum absolute atomic E-state index is 0.109. The number of aromatic nitrogens is 1. The van der Waals surface area contributed by atoms with E-state index in [-0.39, 0.29) is 5.82 Å². The maximum absolute atomic E-state index is 12.7. The summed E-state index contributed by atoms with van der Waals surface area (Å²) in [7, 11) is 0. The predicted molar refractivity (Wildman–Crippen MR) is 65.6 cm³/mol. The number of halogens is 3. The van der Waals surface area contributed by atoms with E-state index in [0.29, 0.717) is 6.54 Å². The van der Waals surface area contributed by atoms with Crippen LogP contribution in [0.2, 0.25) is 0 Å². The van der Waals surface area contributed by atoms with Crippen LogP contribution in [0.3, 0.4) is 0 Å². The van der Waals surface area contributed by atoms with Gasteiger partial charge in [0, 0.05) is 6.20 Å². The second kappa shape index (κ2) is 5.19. The van der Waals surface area contributed by atoms with Crippen molar-refractivity contribution in [1.29, 1.82) is 0 Å². The molecule has 0 saturated carbocycles. The van der Waals surface area contributed by atoms with E-state index in [1.165, 1.54) is 0 Å². The Morgan fingerprint density at radius 3 is 2.50 bits per heavy atom. The molecule has 1 fully saturated rings. The number of nitrogens with zero attached hydrogens (tertiary/aromatic N) is 3. The summed E-state index contributed by atoms with van der Waals surface area (Å²) in [6.07, 6.45) is -5.82. The molecule has 3 unspecified atom stereocenters. The average molecular weight is 291 g/mol. The highest BCUT2D eigenvalue weighted by Gasteiger charge is 2.43. The molecule has 0 aliphatic carbocycles. The molecule has 2 N–H and O–H groups in total. The second-order valence-corrected chi connectivity index (χ2v) is 4.64. The van der Waals surface area contributed by atoms with E-state index in [2.05, 4.69) is 4.98 Å². The van der Waals surface area contributed by atoms with Crippen molar-refractivity contribution in [3.8, 4) is 0 Å². The normalized spacial score (nSPS) is 28.1. The van der Waals surface area contributed by atoms with Gasteiger partial charge in [-0.25, -0.2) is 4.98 Å². The number of anilines is 1. The van der Waals surface area contributed by atoms with Crippen molar-refractivity contribution >= 4 is 5.82 Å². The molecule has 1 saturated heterocycles. The largest absolute Gasteiger partial charge is 0.416 e. The number of pyridine rings is 1. The van der Waals surface area contributed by atoms with Gasteiger partial charge >= 0.3 is 6.18 Å². The molecule has 1 aromatic heterocycles. The highest BCUT2D eigenvalue weighted by Crippen LogP contribution is 2.33. The molecule has 5 nitrogen and oxygen atoms in total. The third-order valence-electron chi connectivity index (χ3n) is 3.49. The van der Waals surface area contributed by atoms with Crippen LogP contribution in [0.15, 0.2) is 18.3 Å². The van der Waals surface area contributed by atoms with Crippen LogP contribution in [-0.4, -0.2) is 45.3 Å². The third-order valence-corrected chi connectivity index (χ3v) is 3.49. The predicted octanol–water partition coefficient (Wildman–Crippen LogP) is 1.23. The first kappa shape index (κ1) is 15.0. The van der Waals surface area contributed by atoms with Crippen LogP contribution in [0, 0.1) is 0 Å². The van der Waals surface area contributed by atoms with Gasteiger partial charge in [-0.05, 0) is 25.6 Å². The molecule has 2 heterocycles. The standard InChI is InChI=1S/C12H16F3N3O2/c1-3-17-7(2)10(19)18(11(17)20)9-6-8(4-5-16-9)12(13,14)15/h4-7,10-11,19-20H,3H2,1-2H3. The summed E-state index contributed by atoms with van der Waals surface area (Å²) in [5.41, 5.74) is -0.871. The van der Waals surface area contributed by atoms with Crippen molar-refractivity contribution in [1.82, 2.24) is 9.88 Å². The zero-order chi connectivity index (χ0) is 15.1. The van der Waals surface area contributed by atoms with Crippen LogP contribution >= 0.6 is 0 Å². The van der Waals surface area contributed by atoms with Crippen molar-refractivity contribution in [3.63, 3.8) is 0 Å². The van der Waals surface area contributed by atoms with Crippen LogP contribution in [0.25, 0.3) is 0 Å². The van der Waals surface area contributed by atoms with Crippen LogP contribution in [0.4, 0.5) is 19.0 Å². The van der Waals surface area contributed by atoms with Gasteiger partial charge in [-0.2, -0.15) is 13.2 Å². The van der Waals surface area contributed by atoms with E-state index in [0.717, 1.165) is 23.2 Å². The molecular formula is C12H16F3N3O2. The Kier molecular flexibility index (Phi) is 3.90. The fourth-order valence-electron chi connectivity index (χ4n) is 2.35. The number of likely N-dealkylation sites (N-methyl/N-ethyl adjacent to an activating group) is 1. The number of hydrogen-bond acceptors (Lipinski definition) is 5. The molecule has 0 radical (unpaired) electrons. The minimum Gasteiger partial charge on any atom is -0.372 e. The van der Waals surface area contributed by atoms with Crippen LogP contribution in [0.1, 0.15) is 19.4 Å². The highest BCUT2D eigenvalue weighted by atomic mass is 19.4. The minimum atomic E-state index is -4.50. The highest BCUT2D eigenvalue weighted by molar-refractivity contribution is 5.44. The van der Waals surface area contributed by atoms with E-state index >= 15 is 0 Å². The van der Waals surface area contributed by atoms with E-state index < -0.39 is 30.4 Å². The Balaban J connectivity index is 2.37. The third kappa shape index (κ3) is 2.46. The van der Waals surface area contributed by atoms with Gasteiger partial charge in [0.25, 0.3) is 0 Å². The zero-order valence-corrected chi connectivity index (χ0v) is 11.0. The Morgan fingerprint density at radius 1 is 1.35 bits per heavy atom. The molecule has 1 aliphatic rings. The summed E-state index contributed by atoms with van der Waals surface area (Å²) in [6.45, 7) is 3.93. The lowest BCUT2D eigenvalue weighted by atomic mass is 10.2. The fourth-order valence-corrected chi connectivity index (χ4v) is 2.35. The Morgan fingerprint density at radius 2 is 2.00 bits per heavy atom. The molecule has 1 aromatic rings. The molecule has 0 bridgehead atoms. The maximum atomic E-state index is 12.7. The number of aliphatic hydroxyl groups is 2. The van der Waals surface area contributed by atoms with Crippen molar-refractivity contribution < 1.29 is 23.4 Å². The summed E-state index contributed by atoms with van der Waals surface area (Å²) in [6, 6.07) is 1.25. The first-order chi connectivity index (χ1) is 9.27. The molecular weight excluding hydrogens is 275 g/mol. The molecule has 112 valence electrons. The van der Waals surface area contributed by atoms with Crippen molar-refractivity contribution in [2.24, 2.45) is 0 Å². The molecule has 0 aromatic carbocycles. The van der Waals surface area contributed by atoms with Gasteiger partial charge < -0.3 is 10.2 Å². The average Bonchev–Trinajstić information content (AvgIpc) is 2.59. The first-order valence-corrected chi connectivity index (χ1v) is 6.20. The number of hydrogen-bond donors (Lipinski definition) is 2. The van der Waals surface area contributed by atoms with Gasteiger partial charge in [0.05, 0.1) is 11.6 Å². The summed E-state index contributed by atoms with van der Waals surface area (Å²) in [5, 5.41) is 20.2. The molecule has 0 spiro atoms. The topological polar surface area (TPSA) is 59.8 Å². The van der Waals surface area contributed by atoms with Crippen LogP contribution < -0.4 is 4.90 Å². The van der Waals surface area contributed by atoms with Gasteiger partial charge in [0.2, 0.25) is 0 Å². The number of aliphatic hydroxyl groups excluding tert-OH is 2. The zero-order valence-electron chi connectivity index (χ0n) is 11.0. The Hall–Kier alpha value is -1.38. The molecule has 8 heteroatoms. The first-order valence-electron chi connectivity index (χ1n) is 6.20. The summed E-state index contributed by atoms with van der Waals surface area (Å²) < 4.78 is 38.1. The smallest absolute Gasteiger partial charge is 0.372 e. The van der Waals surface area contributed by atoms with Crippen LogP contribution in [-0.2, 0) is 6.18 Å². The van der Waals surface area contributed by atoms with Crippen molar-refractivity contribution in [3.05, 3.63) is 23.9 Å². The van der Waals surface area contributed by atoms with E-state index in [1.807, 2.05) is 0 Å². The van der Waals surface area contributed by atoms with Gasteiger partial charge in [-0.1, -0.05) is 6.92 Å². The van der Waals surface area contributed by atoms with Crippen molar-refractivity contribution in [2.75, 3.05) is 11.4 Å². The number of rotatable bonds is 2. The summed E-state index contributed by atoms with van der Waals surface area (Å²) in [4.78, 5) is 6.45. The van der Waals surface area contributed by atoms with Gasteiger partial charge in [0.15, 0.2) is 6.35 Å². The van der Waals surface area contributed by atoms with E-state index in [1.54, 1.807) is 18.7 Å². The summed E-state index contributed by atoms with van der Waals surface area (Å²) >= 11 is 0. The van der Waals surface area contributed by atoms with E-state index in [9.17, 15) is 23.4 Å². The lowest BCUT2D eigenvalue weighted by Crippen LogP contribution is -2.41. The lowest BCUT2D eigenvalue weighted by Gasteiger charge is -2.26.